The number of halogens is 3. The number of alkyl halides is 3. The maximum atomic E-state index is 13.4. The van der Waals surface area contributed by atoms with Crippen molar-refractivity contribution in [3.8, 4) is 0 Å². The van der Waals surface area contributed by atoms with Gasteiger partial charge >= 0.3 is 12.1 Å². The van der Waals surface area contributed by atoms with Crippen LogP contribution in [0.25, 0.3) is 0 Å². The van der Waals surface area contributed by atoms with Crippen molar-refractivity contribution >= 4 is 11.9 Å². The number of nitro groups is 1. The van der Waals surface area contributed by atoms with Crippen LogP contribution in [0.15, 0.2) is 52.2 Å². The number of rotatable bonds is 4. The maximum Gasteiger partial charge on any atom is 0.434 e. The predicted molar refractivity (Wildman–Crippen MR) is 84.0 cm³/mol. The van der Waals surface area contributed by atoms with Gasteiger partial charge in [-0.2, -0.15) is 13.2 Å². The lowest BCUT2D eigenvalue weighted by Crippen LogP contribution is -2.40. The lowest BCUT2D eigenvalue weighted by Gasteiger charge is -2.34. The van der Waals surface area contributed by atoms with Crippen LogP contribution in [0, 0.1) is 22.0 Å². The molecule has 0 aromatic rings. The van der Waals surface area contributed by atoms with E-state index in [1.165, 1.54) is 18.1 Å². The van der Waals surface area contributed by atoms with Crippen molar-refractivity contribution in [3.63, 3.8) is 0 Å². The Morgan fingerprint density at radius 2 is 2.07 bits per heavy atom. The summed E-state index contributed by atoms with van der Waals surface area (Å²) in [6.45, 7) is 1.12. The Kier molecular flexibility index (Phi) is 5.27. The van der Waals surface area contributed by atoms with Gasteiger partial charge in [-0.05, 0) is 6.92 Å². The number of hydrogen-bond acceptors (Lipinski definition) is 6. The molecule has 27 heavy (non-hydrogen) atoms. The van der Waals surface area contributed by atoms with Crippen molar-refractivity contribution in [2.75, 3.05) is 7.11 Å². The smallest absolute Gasteiger partial charge is 0.434 e. The molecule has 2 rings (SSSR count). The van der Waals surface area contributed by atoms with E-state index in [0.29, 0.717) is 0 Å². The van der Waals surface area contributed by atoms with Crippen LogP contribution in [-0.4, -0.2) is 35.2 Å². The molecule has 1 aliphatic carbocycles. The molecule has 0 saturated carbocycles. The van der Waals surface area contributed by atoms with E-state index in [4.69, 9.17) is 4.74 Å². The van der Waals surface area contributed by atoms with Gasteiger partial charge in [0.2, 0.25) is 0 Å². The average molecular weight is 386 g/mol. The van der Waals surface area contributed by atoms with E-state index in [0.717, 1.165) is 20.1 Å². The fourth-order valence-electron chi connectivity index (χ4n) is 3.09. The number of nitrogens with zero attached hydrogens (tertiary/aromatic N) is 1. The zero-order chi connectivity index (χ0) is 20.5. The number of ether oxygens (including phenoxy) is 1. The fraction of sp³-hybridized carbons (Fsp3) is 0.312. The minimum absolute atomic E-state index is 0.323. The summed E-state index contributed by atoms with van der Waals surface area (Å²) in [7, 11) is 0.914. The molecule has 0 aromatic heterocycles. The van der Waals surface area contributed by atoms with Crippen molar-refractivity contribution < 1.29 is 37.5 Å². The van der Waals surface area contributed by atoms with E-state index in [9.17, 15) is 38.0 Å². The quantitative estimate of drug-likeness (QED) is 0.431. The molecule has 0 saturated heterocycles. The van der Waals surface area contributed by atoms with Gasteiger partial charge in [0, 0.05) is 17.7 Å². The third kappa shape index (κ3) is 3.49. The molecule has 1 heterocycles. The number of carbonyl (C=O) groups excluding carboxylic acids is 1. The van der Waals surface area contributed by atoms with Crippen LogP contribution in [-0.2, 0) is 14.3 Å². The van der Waals surface area contributed by atoms with Crippen LogP contribution >= 0.6 is 0 Å². The Labute approximate surface area is 150 Å². The monoisotopic (exact) mass is 386 g/mol. The lowest BCUT2D eigenvalue weighted by molar-refractivity contribution is -0.421. The molecular formula is C16H13F3N2O6. The molecule has 2 unspecified atom stereocenters. The van der Waals surface area contributed by atoms with E-state index in [1.54, 1.807) is 0 Å². The highest BCUT2D eigenvalue weighted by Crippen LogP contribution is 2.44. The summed E-state index contributed by atoms with van der Waals surface area (Å²) in [6.07, 6.45) is -1.57. The summed E-state index contributed by atoms with van der Waals surface area (Å²) in [5.41, 5.74) is -3.42. The first-order valence-corrected chi connectivity index (χ1v) is 7.39. The number of allylic oxidation sites excluding steroid dienone is 7. The van der Waals surface area contributed by atoms with Crippen LogP contribution < -0.4 is 5.32 Å². The molecule has 1 aliphatic heterocycles. The van der Waals surface area contributed by atoms with Gasteiger partial charge in [0.15, 0.2) is 5.70 Å². The standard InChI is InChI=1S/C16H13F3N2O6/c1-7-11(15(23)24)12(13(27-2)14(20-7)16(17,18)19)8-4-3-5-10(21(25)26)9(8)6-22/h3-5,8,12,20H,1-2H3,(H,23,24). The summed E-state index contributed by atoms with van der Waals surface area (Å²) >= 11 is 0. The Morgan fingerprint density at radius 3 is 2.52 bits per heavy atom. The molecule has 2 atom stereocenters. The number of nitrogens with one attached hydrogen (secondary N) is 1. The van der Waals surface area contributed by atoms with Crippen molar-refractivity contribution in [2.45, 2.75) is 13.1 Å². The summed E-state index contributed by atoms with van der Waals surface area (Å²) in [5, 5.41) is 22.6. The van der Waals surface area contributed by atoms with Crippen LogP contribution in [0.1, 0.15) is 6.92 Å². The highest BCUT2D eigenvalue weighted by Gasteiger charge is 2.49. The number of aliphatic carboxylic acids is 1. The first-order valence-electron chi connectivity index (χ1n) is 7.39. The Morgan fingerprint density at radius 1 is 1.44 bits per heavy atom. The number of methoxy groups -OCH3 is 1. The fourth-order valence-corrected chi connectivity index (χ4v) is 3.09. The van der Waals surface area contributed by atoms with Crippen LogP contribution in [0.3, 0.4) is 0 Å². The molecule has 2 aliphatic rings. The number of dihydropyridines is 1. The number of hydrogen-bond donors (Lipinski definition) is 2. The van der Waals surface area contributed by atoms with Gasteiger partial charge in [-0.3, -0.25) is 10.1 Å². The topological polar surface area (TPSA) is 119 Å². The molecule has 2 N–H and O–H groups in total. The van der Waals surface area contributed by atoms with Crippen molar-refractivity contribution in [2.24, 2.45) is 11.8 Å². The highest BCUT2D eigenvalue weighted by atomic mass is 19.4. The Hall–Kier alpha value is -3.33. The van der Waals surface area contributed by atoms with Crippen LogP contribution in [0.4, 0.5) is 13.2 Å². The minimum atomic E-state index is -4.92. The van der Waals surface area contributed by atoms with Crippen LogP contribution in [0.5, 0.6) is 0 Å². The number of carbonyl (C=O) groups is 1. The van der Waals surface area contributed by atoms with Gasteiger partial charge in [0.05, 0.1) is 23.5 Å². The molecule has 8 nitrogen and oxygen atoms in total. The van der Waals surface area contributed by atoms with Crippen molar-refractivity contribution in [1.82, 2.24) is 5.32 Å². The number of carboxylic acids is 1. The third-order valence-electron chi connectivity index (χ3n) is 4.14. The average Bonchev–Trinajstić information content (AvgIpc) is 2.58. The first-order chi connectivity index (χ1) is 12.5. The molecular weight excluding hydrogens is 373 g/mol. The molecule has 0 fully saturated rings. The third-order valence-corrected chi connectivity index (χ3v) is 4.14. The van der Waals surface area contributed by atoms with Crippen molar-refractivity contribution in [1.29, 1.82) is 0 Å². The maximum absolute atomic E-state index is 13.4. The van der Waals surface area contributed by atoms with E-state index < -0.39 is 57.2 Å². The normalized spacial score (nSPS) is 22.9. The predicted octanol–water partition coefficient (Wildman–Crippen LogP) is 2.09. The second-order valence-electron chi connectivity index (χ2n) is 5.62. The second-order valence-corrected chi connectivity index (χ2v) is 5.62. The second kappa shape index (κ2) is 7.12. The van der Waals surface area contributed by atoms with Gasteiger partial charge in [-0.1, -0.05) is 12.2 Å². The molecule has 11 heteroatoms. The molecule has 0 amide bonds. The van der Waals surface area contributed by atoms with Crippen molar-refractivity contribution in [3.05, 3.63) is 62.3 Å². The lowest BCUT2D eigenvalue weighted by atomic mass is 9.75. The molecule has 0 bridgehead atoms. The number of carboxylic acid groups (broad SMARTS) is 1. The zero-order valence-corrected chi connectivity index (χ0v) is 14.0. The van der Waals surface area contributed by atoms with Gasteiger partial charge in [0.1, 0.15) is 17.3 Å². The summed E-state index contributed by atoms with van der Waals surface area (Å²) in [4.78, 5) is 33.3. The largest absolute Gasteiger partial charge is 0.498 e. The van der Waals surface area contributed by atoms with Gasteiger partial charge in [-0.25, -0.2) is 9.59 Å². The Balaban J connectivity index is 2.76. The van der Waals surface area contributed by atoms with Gasteiger partial charge in [0.25, 0.3) is 5.70 Å². The first kappa shape index (κ1) is 20.0. The molecule has 144 valence electrons. The molecule has 0 radical (unpaired) electrons. The van der Waals surface area contributed by atoms with E-state index in [2.05, 4.69) is 0 Å². The zero-order valence-electron chi connectivity index (χ0n) is 14.0. The van der Waals surface area contributed by atoms with Crippen LogP contribution in [0.2, 0.25) is 0 Å². The van der Waals surface area contributed by atoms with E-state index >= 15 is 0 Å². The Bertz CT molecular complexity index is 875. The minimum Gasteiger partial charge on any atom is -0.498 e. The summed E-state index contributed by atoms with van der Waals surface area (Å²) in [6, 6.07) is 0. The summed E-state index contributed by atoms with van der Waals surface area (Å²) in [5.74, 6) is -4.00. The van der Waals surface area contributed by atoms with Gasteiger partial charge < -0.3 is 15.2 Å². The summed E-state index contributed by atoms with van der Waals surface area (Å²) < 4.78 is 45.1. The highest BCUT2D eigenvalue weighted by molar-refractivity contribution is 5.89. The van der Waals surface area contributed by atoms with E-state index in [1.807, 2.05) is 5.32 Å². The molecule has 0 aromatic carbocycles. The molecule has 0 spiro atoms. The van der Waals surface area contributed by atoms with Gasteiger partial charge in [-0.15, -0.1) is 0 Å². The SMILES string of the molecule is COC1=C(C(F)(F)F)NC(C)=C(C(=O)O)C1C1C=CC=C([N+](=O)[O-])C1=C=O. The van der Waals surface area contributed by atoms with E-state index in [-0.39, 0.29) is 5.70 Å².